The summed E-state index contributed by atoms with van der Waals surface area (Å²) in [6.45, 7) is 0. The lowest BCUT2D eigenvalue weighted by Crippen LogP contribution is -2.01. The third-order valence-corrected chi connectivity index (χ3v) is 11.0. The Morgan fingerprint density at radius 3 is 0.917 bits per heavy atom. The molecule has 3 heteroatoms. The first kappa shape index (κ1) is 36.3. The second-order valence-electron chi connectivity index (χ2n) is 14.7. The standard InChI is InChI=1S/C57H39N3/c1-7-21-40(22-8-1)48-33-19-20-34-49(48)57-59-55(46-31-17-6-18-32-46)58-56(60-57)47-37-35-42(36-38-47)51-39-50(41-23-9-2-10-24-41)52(43-25-11-3-12-26-43)54(45-29-15-5-16-30-45)53(51)44-27-13-4-14-28-44/h1-39H. The van der Waals surface area contributed by atoms with E-state index in [2.05, 4.69) is 194 Å². The lowest BCUT2D eigenvalue weighted by Gasteiger charge is -2.24. The molecule has 0 spiro atoms. The summed E-state index contributed by atoms with van der Waals surface area (Å²) in [6, 6.07) is 83.2. The van der Waals surface area contributed by atoms with Crippen LogP contribution in [0.3, 0.4) is 0 Å². The van der Waals surface area contributed by atoms with E-state index in [9.17, 15) is 0 Å². The smallest absolute Gasteiger partial charge is 0.164 e. The van der Waals surface area contributed by atoms with Crippen LogP contribution in [-0.2, 0) is 0 Å². The summed E-state index contributed by atoms with van der Waals surface area (Å²) in [7, 11) is 0. The van der Waals surface area contributed by atoms with Crippen LogP contribution in [0.4, 0.5) is 0 Å². The van der Waals surface area contributed by atoms with Crippen LogP contribution in [0.15, 0.2) is 237 Å². The zero-order chi connectivity index (χ0) is 40.1. The van der Waals surface area contributed by atoms with E-state index in [0.29, 0.717) is 17.5 Å². The fourth-order valence-electron chi connectivity index (χ4n) is 8.15. The maximum absolute atomic E-state index is 5.18. The SMILES string of the molecule is c1ccc(-c2nc(-c3ccc(-c4cc(-c5ccccc5)c(-c5ccccc5)c(-c5ccccc5)c4-c4ccccc4)cc3)nc(-c3ccccc3-c3ccccc3)n2)cc1. The molecular formula is C57H39N3. The van der Waals surface area contributed by atoms with Gasteiger partial charge in [-0.3, -0.25) is 0 Å². The maximum Gasteiger partial charge on any atom is 0.164 e. The highest BCUT2D eigenvalue weighted by molar-refractivity contribution is 6.07. The molecule has 282 valence electrons. The van der Waals surface area contributed by atoms with Crippen LogP contribution in [-0.4, -0.2) is 15.0 Å². The number of hydrogen-bond donors (Lipinski definition) is 0. The predicted octanol–water partition coefficient (Wildman–Crippen LogP) is 14.9. The summed E-state index contributed by atoms with van der Waals surface area (Å²) < 4.78 is 0. The van der Waals surface area contributed by atoms with Crippen LogP contribution in [0.1, 0.15) is 0 Å². The highest BCUT2D eigenvalue weighted by Crippen LogP contribution is 2.50. The topological polar surface area (TPSA) is 38.7 Å². The maximum atomic E-state index is 5.18. The van der Waals surface area contributed by atoms with Crippen LogP contribution in [0, 0.1) is 0 Å². The first-order chi connectivity index (χ1) is 29.8. The van der Waals surface area contributed by atoms with Gasteiger partial charge in [-0.2, -0.15) is 0 Å². The Hall–Kier alpha value is -8.01. The summed E-state index contributed by atoms with van der Waals surface area (Å²) >= 11 is 0. The zero-order valence-corrected chi connectivity index (χ0v) is 32.9. The van der Waals surface area contributed by atoms with Crippen molar-refractivity contribution in [2.45, 2.75) is 0 Å². The molecule has 10 rings (SSSR count). The molecule has 0 saturated carbocycles. The van der Waals surface area contributed by atoms with E-state index in [4.69, 9.17) is 15.0 Å². The minimum Gasteiger partial charge on any atom is -0.208 e. The van der Waals surface area contributed by atoms with Crippen molar-refractivity contribution in [2.24, 2.45) is 0 Å². The Balaban J connectivity index is 1.19. The van der Waals surface area contributed by atoms with Gasteiger partial charge in [-0.1, -0.05) is 231 Å². The van der Waals surface area contributed by atoms with Gasteiger partial charge in [-0.25, -0.2) is 15.0 Å². The van der Waals surface area contributed by atoms with Crippen molar-refractivity contribution in [3.63, 3.8) is 0 Å². The van der Waals surface area contributed by atoms with Crippen molar-refractivity contribution in [3.8, 4) is 101 Å². The summed E-state index contributed by atoms with van der Waals surface area (Å²) in [4.78, 5) is 15.4. The van der Waals surface area contributed by atoms with Crippen molar-refractivity contribution in [3.05, 3.63) is 237 Å². The van der Waals surface area contributed by atoms with Crippen molar-refractivity contribution in [1.82, 2.24) is 15.0 Å². The first-order valence-corrected chi connectivity index (χ1v) is 20.3. The van der Waals surface area contributed by atoms with Gasteiger partial charge in [0.2, 0.25) is 0 Å². The Morgan fingerprint density at radius 1 is 0.183 bits per heavy atom. The van der Waals surface area contributed by atoms with Crippen molar-refractivity contribution in [1.29, 1.82) is 0 Å². The quantitative estimate of drug-likeness (QED) is 0.147. The Labute approximate surface area is 351 Å². The van der Waals surface area contributed by atoms with Gasteiger partial charge >= 0.3 is 0 Å². The van der Waals surface area contributed by atoms with Gasteiger partial charge in [-0.05, 0) is 72.8 Å². The van der Waals surface area contributed by atoms with E-state index in [1.807, 2.05) is 42.5 Å². The van der Waals surface area contributed by atoms with E-state index in [1.165, 1.54) is 27.8 Å². The fraction of sp³-hybridized carbons (Fsp3) is 0. The second-order valence-corrected chi connectivity index (χ2v) is 14.7. The molecule has 0 amide bonds. The molecule has 60 heavy (non-hydrogen) atoms. The normalized spacial score (nSPS) is 11.0. The Kier molecular flexibility index (Phi) is 9.97. The van der Waals surface area contributed by atoms with Crippen molar-refractivity contribution < 1.29 is 0 Å². The molecule has 0 bridgehead atoms. The van der Waals surface area contributed by atoms with Crippen LogP contribution < -0.4 is 0 Å². The van der Waals surface area contributed by atoms with Gasteiger partial charge in [-0.15, -0.1) is 0 Å². The average Bonchev–Trinajstić information content (AvgIpc) is 3.35. The molecule has 0 aliphatic carbocycles. The van der Waals surface area contributed by atoms with Crippen LogP contribution in [0.2, 0.25) is 0 Å². The molecule has 3 nitrogen and oxygen atoms in total. The van der Waals surface area contributed by atoms with Gasteiger partial charge in [0.15, 0.2) is 17.5 Å². The third-order valence-electron chi connectivity index (χ3n) is 11.0. The number of benzene rings is 9. The molecule has 10 aromatic rings. The highest BCUT2D eigenvalue weighted by Gasteiger charge is 2.24. The second kappa shape index (κ2) is 16.5. The van der Waals surface area contributed by atoms with Gasteiger partial charge < -0.3 is 0 Å². The van der Waals surface area contributed by atoms with E-state index in [0.717, 1.165) is 55.6 Å². The van der Waals surface area contributed by atoms with Crippen molar-refractivity contribution in [2.75, 3.05) is 0 Å². The van der Waals surface area contributed by atoms with Crippen LogP contribution >= 0.6 is 0 Å². The fourth-order valence-corrected chi connectivity index (χ4v) is 8.15. The highest BCUT2D eigenvalue weighted by atomic mass is 15.0. The summed E-state index contributed by atoms with van der Waals surface area (Å²) in [6.07, 6.45) is 0. The van der Waals surface area contributed by atoms with Gasteiger partial charge in [0.05, 0.1) is 0 Å². The van der Waals surface area contributed by atoms with E-state index >= 15 is 0 Å². The lowest BCUT2D eigenvalue weighted by molar-refractivity contribution is 1.07. The predicted molar refractivity (Wildman–Crippen MR) is 249 cm³/mol. The van der Waals surface area contributed by atoms with Crippen LogP contribution in [0.5, 0.6) is 0 Å². The minimum atomic E-state index is 0.617. The number of rotatable bonds is 9. The molecular weight excluding hydrogens is 727 g/mol. The van der Waals surface area contributed by atoms with Crippen LogP contribution in [0.25, 0.3) is 101 Å². The Bertz CT molecular complexity index is 3020. The molecule has 0 atom stereocenters. The van der Waals surface area contributed by atoms with E-state index in [-0.39, 0.29) is 0 Å². The summed E-state index contributed by atoms with van der Waals surface area (Å²) in [5, 5.41) is 0. The molecule has 0 N–H and O–H groups in total. The average molecular weight is 766 g/mol. The molecule has 0 unspecified atom stereocenters. The monoisotopic (exact) mass is 765 g/mol. The molecule has 1 heterocycles. The molecule has 0 aliphatic heterocycles. The van der Waals surface area contributed by atoms with Gasteiger partial charge in [0.25, 0.3) is 0 Å². The third kappa shape index (κ3) is 7.21. The minimum absolute atomic E-state index is 0.617. The molecule has 0 saturated heterocycles. The Morgan fingerprint density at radius 2 is 0.467 bits per heavy atom. The number of hydrogen-bond acceptors (Lipinski definition) is 3. The largest absolute Gasteiger partial charge is 0.208 e. The number of aromatic nitrogens is 3. The van der Waals surface area contributed by atoms with Gasteiger partial charge in [0.1, 0.15) is 0 Å². The molecule has 9 aromatic carbocycles. The lowest BCUT2D eigenvalue weighted by atomic mass is 9.79. The zero-order valence-electron chi connectivity index (χ0n) is 32.9. The summed E-state index contributed by atoms with van der Waals surface area (Å²) in [5.41, 5.74) is 16.6. The van der Waals surface area contributed by atoms with E-state index < -0.39 is 0 Å². The molecule has 0 radical (unpaired) electrons. The molecule has 0 aliphatic rings. The number of nitrogens with zero attached hydrogens (tertiary/aromatic N) is 3. The van der Waals surface area contributed by atoms with Gasteiger partial charge in [0, 0.05) is 16.7 Å². The molecule has 0 fully saturated rings. The summed E-state index contributed by atoms with van der Waals surface area (Å²) in [5.74, 6) is 1.88. The van der Waals surface area contributed by atoms with E-state index in [1.54, 1.807) is 0 Å². The van der Waals surface area contributed by atoms with Crippen molar-refractivity contribution >= 4 is 0 Å². The molecule has 1 aromatic heterocycles. The first-order valence-electron chi connectivity index (χ1n) is 20.3.